The van der Waals surface area contributed by atoms with Gasteiger partial charge in [-0.15, -0.1) is 0 Å². The predicted octanol–water partition coefficient (Wildman–Crippen LogP) is 3.66. The first-order chi connectivity index (χ1) is 13.8. The fourth-order valence-electron chi connectivity index (χ4n) is 3.30. The standard InChI is InChI=1S/C23H30N4O2/c1-17(28)14-24-22-25-19-12-8-9-13-20(19)26(22)16-21(29)27(23(2,3)4)15-18-10-6-5-7-11-18/h5-13,17,28H,14-16H2,1-4H3,(H,24,25)/t17-/m0/s1. The molecular formula is C23H30N4O2. The van der Waals surface area contributed by atoms with Gasteiger partial charge in [0, 0.05) is 18.6 Å². The van der Waals surface area contributed by atoms with E-state index in [4.69, 9.17) is 0 Å². The summed E-state index contributed by atoms with van der Waals surface area (Å²) in [6, 6.07) is 17.8. The van der Waals surface area contributed by atoms with Crippen molar-refractivity contribution in [3.8, 4) is 0 Å². The quantitative estimate of drug-likeness (QED) is 0.642. The number of para-hydroxylation sites is 2. The molecule has 1 aromatic heterocycles. The number of imidazole rings is 1. The maximum atomic E-state index is 13.4. The first-order valence-electron chi connectivity index (χ1n) is 9.97. The van der Waals surface area contributed by atoms with Crippen molar-refractivity contribution < 1.29 is 9.90 Å². The Morgan fingerprint density at radius 3 is 2.45 bits per heavy atom. The molecule has 6 nitrogen and oxygen atoms in total. The van der Waals surface area contributed by atoms with E-state index in [0.29, 0.717) is 19.0 Å². The highest BCUT2D eigenvalue weighted by Crippen LogP contribution is 2.23. The Morgan fingerprint density at radius 1 is 1.14 bits per heavy atom. The number of anilines is 1. The summed E-state index contributed by atoms with van der Waals surface area (Å²) in [7, 11) is 0. The highest BCUT2D eigenvalue weighted by molar-refractivity contribution is 5.83. The van der Waals surface area contributed by atoms with Crippen LogP contribution in [0.5, 0.6) is 0 Å². The maximum absolute atomic E-state index is 13.4. The number of rotatable bonds is 7. The lowest BCUT2D eigenvalue weighted by atomic mass is 10.0. The normalized spacial score (nSPS) is 12.7. The molecule has 0 fully saturated rings. The number of hydrogen-bond acceptors (Lipinski definition) is 4. The summed E-state index contributed by atoms with van der Waals surface area (Å²) in [6.07, 6.45) is -0.511. The summed E-state index contributed by atoms with van der Waals surface area (Å²) in [5, 5.41) is 12.8. The second kappa shape index (κ2) is 8.66. The van der Waals surface area contributed by atoms with Crippen LogP contribution in [0.1, 0.15) is 33.3 Å². The van der Waals surface area contributed by atoms with Gasteiger partial charge in [-0.05, 0) is 45.4 Å². The second-order valence-corrected chi connectivity index (χ2v) is 8.38. The monoisotopic (exact) mass is 394 g/mol. The molecule has 2 N–H and O–H groups in total. The van der Waals surface area contributed by atoms with Crippen LogP contribution < -0.4 is 5.32 Å². The Balaban J connectivity index is 1.90. The molecule has 154 valence electrons. The molecule has 0 aliphatic heterocycles. The Kier molecular flexibility index (Phi) is 6.23. The van der Waals surface area contributed by atoms with Crippen LogP contribution in [-0.4, -0.2) is 43.7 Å². The molecule has 2 aromatic carbocycles. The molecule has 29 heavy (non-hydrogen) atoms. The number of aliphatic hydroxyl groups is 1. The van der Waals surface area contributed by atoms with Crippen molar-refractivity contribution in [2.24, 2.45) is 0 Å². The average molecular weight is 395 g/mol. The highest BCUT2D eigenvalue weighted by atomic mass is 16.3. The molecule has 0 spiro atoms. The Bertz CT molecular complexity index is 958. The van der Waals surface area contributed by atoms with Crippen LogP contribution in [0.15, 0.2) is 54.6 Å². The summed E-state index contributed by atoms with van der Waals surface area (Å²) in [5.74, 6) is 0.610. The molecule has 0 aliphatic rings. The van der Waals surface area contributed by atoms with Gasteiger partial charge in [0.05, 0.1) is 17.1 Å². The molecule has 0 saturated heterocycles. The van der Waals surface area contributed by atoms with Crippen molar-refractivity contribution in [1.82, 2.24) is 14.5 Å². The van der Waals surface area contributed by atoms with E-state index in [1.54, 1.807) is 6.92 Å². The van der Waals surface area contributed by atoms with Crippen molar-refractivity contribution in [3.05, 3.63) is 60.2 Å². The first-order valence-corrected chi connectivity index (χ1v) is 9.97. The number of aliphatic hydroxyl groups excluding tert-OH is 1. The third-order valence-corrected chi connectivity index (χ3v) is 4.80. The summed E-state index contributed by atoms with van der Waals surface area (Å²) < 4.78 is 1.89. The SMILES string of the molecule is C[C@H](O)CNc1nc2ccccc2n1CC(=O)N(Cc1ccccc1)C(C)(C)C. The minimum atomic E-state index is -0.511. The average Bonchev–Trinajstić information content (AvgIpc) is 3.02. The molecule has 3 rings (SSSR count). The largest absolute Gasteiger partial charge is 0.392 e. The van der Waals surface area contributed by atoms with Crippen LogP contribution in [0.4, 0.5) is 5.95 Å². The highest BCUT2D eigenvalue weighted by Gasteiger charge is 2.27. The zero-order valence-electron chi connectivity index (χ0n) is 17.6. The van der Waals surface area contributed by atoms with Gasteiger partial charge in [0.1, 0.15) is 6.54 Å². The fraction of sp³-hybridized carbons (Fsp3) is 0.391. The van der Waals surface area contributed by atoms with E-state index < -0.39 is 6.10 Å². The number of hydrogen-bond donors (Lipinski definition) is 2. The molecule has 0 saturated carbocycles. The third kappa shape index (κ3) is 5.15. The molecule has 1 amide bonds. The van der Waals surface area contributed by atoms with E-state index in [0.717, 1.165) is 16.6 Å². The lowest BCUT2D eigenvalue weighted by Crippen LogP contribution is -2.46. The van der Waals surface area contributed by atoms with Crippen LogP contribution in [-0.2, 0) is 17.9 Å². The van der Waals surface area contributed by atoms with Crippen LogP contribution in [0.2, 0.25) is 0 Å². The van der Waals surface area contributed by atoms with E-state index in [2.05, 4.69) is 10.3 Å². The number of benzene rings is 2. The molecule has 0 bridgehead atoms. The van der Waals surface area contributed by atoms with Crippen molar-refractivity contribution >= 4 is 22.9 Å². The molecule has 0 unspecified atom stereocenters. The number of carbonyl (C=O) groups is 1. The predicted molar refractivity (Wildman–Crippen MR) is 117 cm³/mol. The number of aromatic nitrogens is 2. The zero-order valence-corrected chi connectivity index (χ0v) is 17.6. The van der Waals surface area contributed by atoms with Crippen molar-refractivity contribution in [2.45, 2.75) is 52.4 Å². The van der Waals surface area contributed by atoms with Crippen molar-refractivity contribution in [2.75, 3.05) is 11.9 Å². The number of carbonyl (C=O) groups excluding carboxylic acids is 1. The smallest absolute Gasteiger partial charge is 0.243 e. The summed E-state index contributed by atoms with van der Waals surface area (Å²) in [4.78, 5) is 19.9. The van der Waals surface area contributed by atoms with Crippen LogP contribution >= 0.6 is 0 Å². The van der Waals surface area contributed by atoms with Gasteiger partial charge >= 0.3 is 0 Å². The molecule has 1 atom stereocenters. The lowest BCUT2D eigenvalue weighted by molar-refractivity contribution is -0.137. The lowest BCUT2D eigenvalue weighted by Gasteiger charge is -2.36. The number of nitrogens with one attached hydrogen (secondary N) is 1. The minimum absolute atomic E-state index is 0.0182. The molecule has 0 aliphatic carbocycles. The van der Waals surface area contributed by atoms with Gasteiger partial charge in [0.25, 0.3) is 0 Å². The van der Waals surface area contributed by atoms with E-state index in [1.165, 1.54) is 0 Å². The Hall–Kier alpha value is -2.86. The van der Waals surface area contributed by atoms with E-state index >= 15 is 0 Å². The molecule has 0 radical (unpaired) electrons. The maximum Gasteiger partial charge on any atom is 0.243 e. The van der Waals surface area contributed by atoms with Crippen LogP contribution in [0.3, 0.4) is 0 Å². The fourth-order valence-corrected chi connectivity index (χ4v) is 3.30. The van der Waals surface area contributed by atoms with E-state index in [9.17, 15) is 9.90 Å². The minimum Gasteiger partial charge on any atom is -0.392 e. The van der Waals surface area contributed by atoms with Gasteiger partial charge in [-0.2, -0.15) is 0 Å². The summed E-state index contributed by atoms with van der Waals surface area (Å²) in [6.45, 7) is 8.95. The molecule has 6 heteroatoms. The van der Waals surface area contributed by atoms with Gasteiger partial charge in [0.2, 0.25) is 11.9 Å². The van der Waals surface area contributed by atoms with Crippen LogP contribution in [0.25, 0.3) is 11.0 Å². The Morgan fingerprint density at radius 2 is 1.79 bits per heavy atom. The van der Waals surface area contributed by atoms with Gasteiger partial charge in [-0.1, -0.05) is 42.5 Å². The molecule has 1 heterocycles. The van der Waals surface area contributed by atoms with E-state index in [1.807, 2.05) is 84.8 Å². The van der Waals surface area contributed by atoms with Crippen molar-refractivity contribution in [3.63, 3.8) is 0 Å². The van der Waals surface area contributed by atoms with Gasteiger partial charge < -0.3 is 19.9 Å². The van der Waals surface area contributed by atoms with Gasteiger partial charge in [-0.3, -0.25) is 4.79 Å². The van der Waals surface area contributed by atoms with Crippen LogP contribution in [0, 0.1) is 0 Å². The first kappa shape index (κ1) is 20.9. The Labute approximate surface area is 172 Å². The van der Waals surface area contributed by atoms with Gasteiger partial charge in [-0.25, -0.2) is 4.98 Å². The zero-order chi connectivity index (χ0) is 21.0. The number of amides is 1. The molecular weight excluding hydrogens is 364 g/mol. The topological polar surface area (TPSA) is 70.4 Å². The van der Waals surface area contributed by atoms with Gasteiger partial charge in [0.15, 0.2) is 0 Å². The summed E-state index contributed by atoms with van der Waals surface area (Å²) in [5.41, 5.74) is 2.48. The second-order valence-electron chi connectivity index (χ2n) is 8.38. The number of fused-ring (bicyclic) bond motifs is 1. The third-order valence-electron chi connectivity index (χ3n) is 4.80. The van der Waals surface area contributed by atoms with E-state index in [-0.39, 0.29) is 18.0 Å². The molecule has 3 aromatic rings. The van der Waals surface area contributed by atoms with Crippen molar-refractivity contribution in [1.29, 1.82) is 0 Å². The summed E-state index contributed by atoms with van der Waals surface area (Å²) >= 11 is 0. The number of nitrogens with zero attached hydrogens (tertiary/aromatic N) is 3.